The third kappa shape index (κ3) is 4.49. The molecule has 2 atom stereocenters. The first-order valence-electron chi connectivity index (χ1n) is 11.1. The van der Waals surface area contributed by atoms with Crippen molar-refractivity contribution in [3.05, 3.63) is 45.6 Å². The zero-order valence-corrected chi connectivity index (χ0v) is 18.9. The van der Waals surface area contributed by atoms with Crippen LogP contribution in [0.4, 0.5) is 0 Å². The highest BCUT2D eigenvalue weighted by molar-refractivity contribution is 7.10. The van der Waals surface area contributed by atoms with Crippen LogP contribution in [-0.4, -0.2) is 51.2 Å². The van der Waals surface area contributed by atoms with Crippen LogP contribution in [0, 0.1) is 0 Å². The van der Waals surface area contributed by atoms with Crippen LogP contribution in [0.5, 0.6) is 11.5 Å². The fraction of sp³-hybridized carbons (Fsp3) is 0.542. The molecule has 2 aromatic rings. The topological polar surface area (TPSA) is 43.2 Å². The normalized spacial score (nSPS) is 22.0. The van der Waals surface area contributed by atoms with Gasteiger partial charge in [-0.25, -0.2) is 0 Å². The molecule has 0 radical (unpaired) electrons. The number of ether oxygens (including phenoxy) is 2. The summed E-state index contributed by atoms with van der Waals surface area (Å²) in [6.07, 6.45) is 7.01. The average molecular weight is 430 g/mol. The van der Waals surface area contributed by atoms with Gasteiger partial charge in [-0.15, -0.1) is 11.3 Å². The number of fused-ring (bicyclic) bond motifs is 1. The number of hydrogen-bond acceptors (Lipinski definition) is 4. The molecule has 0 saturated carbocycles. The number of carbonyl (C=O) groups is 1. The summed E-state index contributed by atoms with van der Waals surface area (Å²) < 4.78 is 11.1. The predicted molar refractivity (Wildman–Crippen MR) is 120 cm³/mol. The van der Waals surface area contributed by atoms with Gasteiger partial charge >= 0.3 is 0 Å². The molecule has 1 unspecified atom stereocenters. The fourth-order valence-electron chi connectivity index (χ4n) is 4.88. The lowest BCUT2D eigenvalue weighted by molar-refractivity contribution is -0.920. The Labute approximate surface area is 183 Å². The summed E-state index contributed by atoms with van der Waals surface area (Å²) in [5.41, 5.74) is 2.56. The Hall–Kier alpha value is -2.05. The molecule has 1 amide bonds. The molecule has 6 heteroatoms. The summed E-state index contributed by atoms with van der Waals surface area (Å²) in [6.45, 7) is 3.33. The molecular weight excluding hydrogens is 396 g/mol. The molecule has 1 saturated heterocycles. The predicted octanol–water partition coefficient (Wildman–Crippen LogP) is 3.09. The summed E-state index contributed by atoms with van der Waals surface area (Å²) in [6, 6.07) is 8.70. The summed E-state index contributed by atoms with van der Waals surface area (Å²) in [4.78, 5) is 18.0. The molecule has 2 aliphatic heterocycles. The van der Waals surface area contributed by atoms with E-state index < -0.39 is 0 Å². The van der Waals surface area contributed by atoms with Gasteiger partial charge < -0.3 is 19.3 Å². The Kier molecular flexibility index (Phi) is 6.95. The number of likely N-dealkylation sites (tertiary alicyclic amines) is 1. The van der Waals surface area contributed by atoms with Crippen molar-refractivity contribution in [2.45, 2.75) is 44.6 Å². The summed E-state index contributed by atoms with van der Waals surface area (Å²) in [5, 5.41) is 2.13. The molecule has 1 aromatic carbocycles. The maximum Gasteiger partial charge on any atom is 0.277 e. The van der Waals surface area contributed by atoms with Crippen molar-refractivity contribution in [2.75, 3.05) is 40.4 Å². The lowest BCUT2D eigenvalue weighted by Gasteiger charge is -2.35. The third-order valence-electron chi connectivity index (χ3n) is 6.49. The lowest BCUT2D eigenvalue weighted by Crippen LogP contribution is -3.14. The smallest absolute Gasteiger partial charge is 0.277 e. The molecule has 0 spiro atoms. The van der Waals surface area contributed by atoms with E-state index in [1.807, 2.05) is 0 Å². The molecule has 5 nitrogen and oxygen atoms in total. The van der Waals surface area contributed by atoms with Crippen molar-refractivity contribution in [2.24, 2.45) is 0 Å². The van der Waals surface area contributed by atoms with Crippen LogP contribution in [0.25, 0.3) is 0 Å². The maximum absolute atomic E-state index is 13.2. The van der Waals surface area contributed by atoms with Gasteiger partial charge in [-0.2, -0.15) is 0 Å². The number of amides is 1. The van der Waals surface area contributed by atoms with Crippen LogP contribution < -0.4 is 14.4 Å². The van der Waals surface area contributed by atoms with E-state index in [2.05, 4.69) is 34.5 Å². The molecular formula is C24H33N2O3S+. The highest BCUT2D eigenvalue weighted by Crippen LogP contribution is 2.37. The maximum atomic E-state index is 13.2. The second kappa shape index (κ2) is 9.84. The van der Waals surface area contributed by atoms with E-state index in [1.165, 1.54) is 40.2 Å². The lowest BCUT2D eigenvalue weighted by atomic mass is 9.90. The number of quaternary nitrogens is 1. The van der Waals surface area contributed by atoms with Crippen molar-refractivity contribution in [3.8, 4) is 11.5 Å². The zero-order chi connectivity index (χ0) is 20.9. The second-order valence-electron chi connectivity index (χ2n) is 8.34. The van der Waals surface area contributed by atoms with Gasteiger partial charge in [0.05, 0.1) is 25.6 Å². The number of nitrogens with zero attached hydrogens (tertiary/aromatic N) is 1. The Bertz CT molecular complexity index is 844. The Morgan fingerprint density at radius 1 is 1.10 bits per heavy atom. The number of thiophene rings is 1. The van der Waals surface area contributed by atoms with E-state index >= 15 is 0 Å². The highest BCUT2D eigenvalue weighted by Gasteiger charge is 2.36. The van der Waals surface area contributed by atoms with Gasteiger partial charge in [0.2, 0.25) is 0 Å². The fourth-order valence-corrected chi connectivity index (χ4v) is 5.79. The minimum Gasteiger partial charge on any atom is -0.493 e. The average Bonchev–Trinajstić information content (AvgIpc) is 3.26. The first kappa shape index (κ1) is 21.2. The van der Waals surface area contributed by atoms with E-state index in [9.17, 15) is 4.79 Å². The molecule has 1 aromatic heterocycles. The van der Waals surface area contributed by atoms with Gasteiger partial charge in [-0.3, -0.25) is 4.79 Å². The molecule has 1 N–H and O–H groups in total. The van der Waals surface area contributed by atoms with E-state index in [0.717, 1.165) is 50.4 Å². The Morgan fingerprint density at radius 2 is 1.80 bits per heavy atom. The van der Waals surface area contributed by atoms with Crippen LogP contribution in [0.2, 0.25) is 0 Å². The second-order valence-corrected chi connectivity index (χ2v) is 9.32. The van der Waals surface area contributed by atoms with Crippen LogP contribution in [0.1, 0.15) is 54.1 Å². The molecule has 4 rings (SSSR count). The van der Waals surface area contributed by atoms with Gasteiger partial charge in [0.15, 0.2) is 18.0 Å². The molecule has 2 aliphatic rings. The van der Waals surface area contributed by atoms with Crippen molar-refractivity contribution in [1.29, 1.82) is 0 Å². The van der Waals surface area contributed by atoms with Crippen molar-refractivity contribution in [1.82, 2.24) is 4.90 Å². The minimum atomic E-state index is 0.160. The number of rotatable bonds is 5. The van der Waals surface area contributed by atoms with E-state index in [4.69, 9.17) is 9.47 Å². The van der Waals surface area contributed by atoms with E-state index in [-0.39, 0.29) is 6.04 Å². The van der Waals surface area contributed by atoms with Crippen LogP contribution in [-0.2, 0) is 11.2 Å². The quantitative estimate of drug-likeness (QED) is 0.794. The number of methoxy groups -OCH3 is 2. The van der Waals surface area contributed by atoms with Crippen molar-refractivity contribution >= 4 is 17.2 Å². The molecule has 3 heterocycles. The molecule has 1 fully saturated rings. The number of carbonyl (C=O) groups excluding carboxylic acids is 1. The van der Waals surface area contributed by atoms with Crippen molar-refractivity contribution in [3.63, 3.8) is 0 Å². The van der Waals surface area contributed by atoms with Gasteiger partial charge in [0, 0.05) is 25.1 Å². The molecule has 0 aliphatic carbocycles. The number of benzene rings is 1. The zero-order valence-electron chi connectivity index (χ0n) is 18.1. The largest absolute Gasteiger partial charge is 0.493 e. The Morgan fingerprint density at radius 3 is 2.47 bits per heavy atom. The minimum absolute atomic E-state index is 0.160. The van der Waals surface area contributed by atoms with Crippen molar-refractivity contribution < 1.29 is 19.2 Å². The highest BCUT2D eigenvalue weighted by atomic mass is 32.1. The van der Waals surface area contributed by atoms with Gasteiger partial charge in [0.1, 0.15) is 6.04 Å². The first-order valence-corrected chi connectivity index (χ1v) is 12.0. The molecule has 30 heavy (non-hydrogen) atoms. The van der Waals surface area contributed by atoms with Crippen LogP contribution >= 0.6 is 11.3 Å². The number of hydrogen-bond donors (Lipinski definition) is 1. The summed E-state index contributed by atoms with van der Waals surface area (Å²) >= 11 is 1.77. The SMILES string of the molecule is COc1cc2c(cc1OC)[C@H](c1cccs1)[NH+](CC(=O)N1CCCCCCC1)CC2. The molecule has 162 valence electrons. The van der Waals surface area contributed by atoms with Gasteiger partial charge in [0.25, 0.3) is 5.91 Å². The monoisotopic (exact) mass is 429 g/mol. The summed E-state index contributed by atoms with van der Waals surface area (Å²) in [5.74, 6) is 1.84. The van der Waals surface area contributed by atoms with Gasteiger partial charge in [-0.05, 0) is 42.0 Å². The van der Waals surface area contributed by atoms with E-state index in [0.29, 0.717) is 12.5 Å². The summed E-state index contributed by atoms with van der Waals surface area (Å²) in [7, 11) is 3.37. The molecule has 0 bridgehead atoms. The van der Waals surface area contributed by atoms with Gasteiger partial charge in [-0.1, -0.05) is 25.3 Å². The standard InChI is InChI=1S/C24H32N2O3S/c1-28-20-15-18-10-13-26(17-23(27)25-11-6-4-3-5-7-12-25)24(22-9-8-14-30-22)19(18)16-21(20)29-2/h8-9,14-16,24H,3-7,10-13,17H2,1-2H3/p+1/t24-/m1/s1. The number of nitrogens with one attached hydrogen (secondary N) is 1. The van der Waals surface area contributed by atoms with Crippen LogP contribution in [0.3, 0.4) is 0 Å². The van der Waals surface area contributed by atoms with E-state index in [1.54, 1.807) is 25.6 Å². The van der Waals surface area contributed by atoms with Crippen LogP contribution in [0.15, 0.2) is 29.6 Å². The first-order chi connectivity index (χ1) is 14.7. The Balaban J connectivity index is 1.61. The third-order valence-corrected chi connectivity index (χ3v) is 7.43.